The van der Waals surface area contributed by atoms with Crippen LogP contribution in [0.4, 0.5) is 5.95 Å². The molecule has 21 heavy (non-hydrogen) atoms. The second kappa shape index (κ2) is 5.96. The Kier molecular flexibility index (Phi) is 4.45. The Balaban J connectivity index is 2.38. The predicted octanol–water partition coefficient (Wildman–Crippen LogP) is 2.39. The topological polar surface area (TPSA) is 109 Å². The van der Waals surface area contributed by atoms with Crippen LogP contribution in [0.15, 0.2) is 39.8 Å². The van der Waals surface area contributed by atoms with Crippen LogP contribution >= 0.6 is 27.5 Å². The van der Waals surface area contributed by atoms with E-state index < -0.39 is 16.0 Å². The van der Waals surface area contributed by atoms with Gasteiger partial charge in [0.1, 0.15) is 10.0 Å². The van der Waals surface area contributed by atoms with Gasteiger partial charge in [0.05, 0.1) is 5.56 Å². The summed E-state index contributed by atoms with van der Waals surface area (Å²) in [7, 11) is -3.98. The Bertz CT molecular complexity index is 813. The van der Waals surface area contributed by atoms with Gasteiger partial charge in [0.25, 0.3) is 10.0 Å². The number of aromatic carboxylic acids is 1. The minimum atomic E-state index is -3.98. The molecule has 0 saturated heterocycles. The molecule has 2 N–H and O–H groups in total. The van der Waals surface area contributed by atoms with Crippen LogP contribution in [0, 0.1) is 0 Å². The van der Waals surface area contributed by atoms with E-state index in [4.69, 9.17) is 16.7 Å². The highest BCUT2D eigenvalue weighted by Gasteiger charge is 2.20. The normalized spacial score (nSPS) is 11.1. The number of carboxylic acids is 1. The van der Waals surface area contributed by atoms with E-state index in [-0.39, 0.29) is 26.0 Å². The zero-order chi connectivity index (χ0) is 15.6. The summed E-state index contributed by atoms with van der Waals surface area (Å²) in [5, 5.41) is 8.93. The molecule has 0 saturated carbocycles. The molecular formula is C11H7BrClN3O4S. The van der Waals surface area contributed by atoms with Crippen LogP contribution in [-0.2, 0) is 10.0 Å². The van der Waals surface area contributed by atoms with Gasteiger partial charge in [-0.1, -0.05) is 11.6 Å². The lowest BCUT2D eigenvalue weighted by Gasteiger charge is -2.08. The molecule has 0 aliphatic carbocycles. The number of hydrogen-bond acceptors (Lipinski definition) is 5. The Morgan fingerprint density at radius 3 is 2.62 bits per heavy atom. The van der Waals surface area contributed by atoms with E-state index in [1.54, 1.807) is 0 Å². The van der Waals surface area contributed by atoms with Gasteiger partial charge < -0.3 is 5.11 Å². The molecule has 7 nitrogen and oxygen atoms in total. The van der Waals surface area contributed by atoms with Crippen LogP contribution in [0.1, 0.15) is 10.4 Å². The molecule has 10 heteroatoms. The minimum Gasteiger partial charge on any atom is -0.478 e. The standard InChI is InChI=1S/C11H7BrClN3O4S/c12-7-5-6(10(17)18)1-2-8(7)21(19,20)16-11-14-4-3-9(13)15-11/h1-5H,(H,17,18)(H,14,15,16). The van der Waals surface area contributed by atoms with Crippen molar-refractivity contribution in [3.8, 4) is 0 Å². The molecule has 0 atom stereocenters. The zero-order valence-electron chi connectivity index (χ0n) is 10.1. The van der Waals surface area contributed by atoms with Crippen molar-refractivity contribution in [2.45, 2.75) is 4.90 Å². The first-order valence-electron chi connectivity index (χ1n) is 5.34. The third-order valence-corrected chi connectivity index (χ3v) is 4.83. The van der Waals surface area contributed by atoms with Crippen LogP contribution in [-0.4, -0.2) is 29.5 Å². The van der Waals surface area contributed by atoms with Crippen molar-refractivity contribution >= 4 is 49.5 Å². The highest BCUT2D eigenvalue weighted by Crippen LogP contribution is 2.25. The van der Waals surface area contributed by atoms with Crippen LogP contribution in [0.25, 0.3) is 0 Å². The van der Waals surface area contributed by atoms with Crippen molar-refractivity contribution in [1.82, 2.24) is 9.97 Å². The first-order chi connectivity index (χ1) is 9.79. The smallest absolute Gasteiger partial charge is 0.335 e. The van der Waals surface area contributed by atoms with Crippen molar-refractivity contribution in [3.63, 3.8) is 0 Å². The molecule has 2 aromatic rings. The van der Waals surface area contributed by atoms with Crippen molar-refractivity contribution in [2.24, 2.45) is 0 Å². The summed E-state index contributed by atoms with van der Waals surface area (Å²) in [6.45, 7) is 0. The number of carboxylic acid groups (broad SMARTS) is 1. The molecular weight excluding hydrogens is 386 g/mol. The fraction of sp³-hybridized carbons (Fsp3) is 0. The van der Waals surface area contributed by atoms with Gasteiger partial charge >= 0.3 is 5.97 Å². The number of benzene rings is 1. The van der Waals surface area contributed by atoms with E-state index in [1.807, 2.05) is 0 Å². The quantitative estimate of drug-likeness (QED) is 0.773. The molecule has 1 aromatic heterocycles. The maximum absolute atomic E-state index is 12.2. The lowest BCUT2D eigenvalue weighted by molar-refractivity contribution is 0.0696. The highest BCUT2D eigenvalue weighted by atomic mass is 79.9. The molecule has 0 aliphatic heterocycles. The third kappa shape index (κ3) is 3.69. The van der Waals surface area contributed by atoms with Gasteiger partial charge in [0.2, 0.25) is 5.95 Å². The molecule has 0 bridgehead atoms. The molecule has 0 aliphatic rings. The van der Waals surface area contributed by atoms with Crippen LogP contribution in [0.2, 0.25) is 5.15 Å². The Labute approximate surface area is 133 Å². The largest absolute Gasteiger partial charge is 0.478 e. The van der Waals surface area contributed by atoms with Gasteiger partial charge in [-0.2, -0.15) is 0 Å². The Morgan fingerprint density at radius 2 is 2.05 bits per heavy atom. The summed E-state index contributed by atoms with van der Waals surface area (Å²) in [5.74, 6) is -1.34. The Hall–Kier alpha value is -1.71. The second-order valence-electron chi connectivity index (χ2n) is 3.76. The lowest BCUT2D eigenvalue weighted by Crippen LogP contribution is -2.16. The fourth-order valence-electron chi connectivity index (χ4n) is 1.41. The van der Waals surface area contributed by atoms with Gasteiger partial charge in [0.15, 0.2) is 0 Å². The molecule has 0 fully saturated rings. The SMILES string of the molecule is O=C(O)c1ccc(S(=O)(=O)Nc2nccc(Cl)n2)c(Br)c1. The molecule has 0 radical (unpaired) electrons. The average Bonchev–Trinajstić information content (AvgIpc) is 2.37. The first kappa shape index (κ1) is 15.7. The molecule has 1 heterocycles. The van der Waals surface area contributed by atoms with Gasteiger partial charge in [-0.3, -0.25) is 0 Å². The van der Waals surface area contributed by atoms with Gasteiger partial charge in [-0.15, -0.1) is 0 Å². The second-order valence-corrected chi connectivity index (χ2v) is 6.65. The molecule has 2 rings (SSSR count). The maximum atomic E-state index is 12.2. The van der Waals surface area contributed by atoms with Crippen LogP contribution in [0.3, 0.4) is 0 Å². The van der Waals surface area contributed by atoms with E-state index in [9.17, 15) is 13.2 Å². The number of hydrogen-bond donors (Lipinski definition) is 2. The predicted molar refractivity (Wildman–Crippen MR) is 79.0 cm³/mol. The summed E-state index contributed by atoms with van der Waals surface area (Å²) in [6.07, 6.45) is 1.30. The average molecular weight is 393 g/mol. The summed E-state index contributed by atoms with van der Waals surface area (Å²) in [4.78, 5) is 18.1. The van der Waals surface area contributed by atoms with Crippen LogP contribution < -0.4 is 4.72 Å². The van der Waals surface area contributed by atoms with Crippen molar-refractivity contribution in [3.05, 3.63) is 45.7 Å². The monoisotopic (exact) mass is 391 g/mol. The van der Waals surface area contributed by atoms with Crippen LogP contribution in [0.5, 0.6) is 0 Å². The highest BCUT2D eigenvalue weighted by molar-refractivity contribution is 9.10. The van der Waals surface area contributed by atoms with Gasteiger partial charge in [0, 0.05) is 10.7 Å². The minimum absolute atomic E-state index is 0.0418. The van der Waals surface area contributed by atoms with E-state index in [2.05, 4.69) is 30.6 Å². The third-order valence-electron chi connectivity index (χ3n) is 2.32. The summed E-state index contributed by atoms with van der Waals surface area (Å²) in [6, 6.07) is 4.94. The zero-order valence-corrected chi connectivity index (χ0v) is 13.3. The fourth-order valence-corrected chi connectivity index (χ4v) is 3.58. The number of rotatable bonds is 4. The number of nitrogens with one attached hydrogen (secondary N) is 1. The van der Waals surface area contributed by atoms with E-state index >= 15 is 0 Å². The van der Waals surface area contributed by atoms with Gasteiger partial charge in [-0.05, 0) is 40.2 Å². The number of nitrogens with zero attached hydrogens (tertiary/aromatic N) is 2. The molecule has 0 amide bonds. The van der Waals surface area contributed by atoms with Crippen molar-refractivity contribution in [2.75, 3.05) is 4.72 Å². The van der Waals surface area contributed by atoms with E-state index in [0.29, 0.717) is 0 Å². The van der Waals surface area contributed by atoms with Gasteiger partial charge in [-0.25, -0.2) is 27.9 Å². The number of sulfonamides is 1. The van der Waals surface area contributed by atoms with Crippen molar-refractivity contribution < 1.29 is 18.3 Å². The number of carbonyl (C=O) groups is 1. The summed E-state index contributed by atoms with van der Waals surface area (Å²) >= 11 is 8.68. The number of aromatic nitrogens is 2. The first-order valence-corrected chi connectivity index (χ1v) is 7.99. The molecule has 1 aromatic carbocycles. The number of anilines is 1. The maximum Gasteiger partial charge on any atom is 0.335 e. The summed E-state index contributed by atoms with van der Waals surface area (Å²) in [5.41, 5.74) is -0.0418. The molecule has 110 valence electrons. The van der Waals surface area contributed by atoms with Crippen molar-refractivity contribution in [1.29, 1.82) is 0 Å². The lowest BCUT2D eigenvalue weighted by atomic mass is 10.2. The number of halogens is 2. The van der Waals surface area contributed by atoms with E-state index in [0.717, 1.165) is 0 Å². The van der Waals surface area contributed by atoms with E-state index in [1.165, 1.54) is 30.5 Å². The Morgan fingerprint density at radius 1 is 1.33 bits per heavy atom. The molecule has 0 spiro atoms. The molecule has 0 unspecified atom stereocenters. The summed E-state index contributed by atoms with van der Waals surface area (Å²) < 4.78 is 26.7.